The first-order chi connectivity index (χ1) is 13.5. The van der Waals surface area contributed by atoms with Crippen molar-refractivity contribution in [1.29, 1.82) is 0 Å². The van der Waals surface area contributed by atoms with Crippen LogP contribution >= 0.6 is 0 Å². The molecule has 0 unspecified atom stereocenters. The summed E-state index contributed by atoms with van der Waals surface area (Å²) in [6.07, 6.45) is 2.26. The van der Waals surface area contributed by atoms with Gasteiger partial charge in [-0.05, 0) is 49.7 Å². The lowest BCUT2D eigenvalue weighted by molar-refractivity contribution is 0.0944. The first-order valence-electron chi connectivity index (χ1n) is 9.15. The summed E-state index contributed by atoms with van der Waals surface area (Å²) in [5.74, 6) is -0.204. The van der Waals surface area contributed by atoms with E-state index in [0.717, 1.165) is 6.42 Å². The molecule has 2 rings (SSSR count). The van der Waals surface area contributed by atoms with Gasteiger partial charge in [-0.1, -0.05) is 24.3 Å². The molecule has 0 bridgehead atoms. The third-order valence-electron chi connectivity index (χ3n) is 4.00. The summed E-state index contributed by atoms with van der Waals surface area (Å²) in [4.78, 5) is 12.4. The Morgan fingerprint density at radius 1 is 1.14 bits per heavy atom. The van der Waals surface area contributed by atoms with E-state index in [-0.39, 0.29) is 17.3 Å². The van der Waals surface area contributed by atoms with E-state index < -0.39 is 10.0 Å². The van der Waals surface area contributed by atoms with Crippen LogP contribution in [0, 0.1) is 0 Å². The molecule has 0 atom stereocenters. The topological polar surface area (TPSA) is 75.7 Å². The zero-order valence-corrected chi connectivity index (χ0v) is 16.8. The summed E-state index contributed by atoms with van der Waals surface area (Å²) < 4.78 is 32.4. The second-order valence-corrected chi connectivity index (χ2v) is 7.85. The number of rotatable bonds is 11. The standard InChI is InChI=1S/C21H26N2O4S/c1-3-16-23(28(25,26)20-9-6-5-7-10-20)19-13-11-18(12-14-19)21(24)22-15-8-17-27-4-2/h3,5-7,9-14H,1,4,8,15-17H2,2H3,(H,22,24). The van der Waals surface area contributed by atoms with Crippen molar-refractivity contribution in [3.8, 4) is 0 Å². The van der Waals surface area contributed by atoms with E-state index in [2.05, 4.69) is 11.9 Å². The molecule has 0 saturated carbocycles. The second kappa shape index (κ2) is 10.6. The number of nitrogens with zero attached hydrogens (tertiary/aromatic N) is 1. The van der Waals surface area contributed by atoms with Crippen LogP contribution in [0.4, 0.5) is 5.69 Å². The zero-order chi connectivity index (χ0) is 20.4. The highest BCUT2D eigenvalue weighted by Crippen LogP contribution is 2.24. The Labute approximate surface area is 166 Å². The van der Waals surface area contributed by atoms with Gasteiger partial charge < -0.3 is 10.1 Å². The number of hydrogen-bond donors (Lipinski definition) is 1. The number of amides is 1. The highest BCUT2D eigenvalue weighted by atomic mass is 32.2. The van der Waals surface area contributed by atoms with Gasteiger partial charge in [0, 0.05) is 25.3 Å². The maximum Gasteiger partial charge on any atom is 0.264 e. The van der Waals surface area contributed by atoms with Crippen molar-refractivity contribution in [2.24, 2.45) is 0 Å². The molecule has 0 aromatic heterocycles. The molecule has 0 radical (unpaired) electrons. The van der Waals surface area contributed by atoms with Crippen molar-refractivity contribution >= 4 is 21.6 Å². The Hall–Kier alpha value is -2.64. The number of carbonyl (C=O) groups excluding carboxylic acids is 1. The molecule has 0 saturated heterocycles. The molecule has 0 spiro atoms. The minimum Gasteiger partial charge on any atom is -0.382 e. The number of sulfonamides is 1. The van der Waals surface area contributed by atoms with Crippen molar-refractivity contribution in [2.75, 3.05) is 30.6 Å². The monoisotopic (exact) mass is 402 g/mol. The van der Waals surface area contributed by atoms with Crippen molar-refractivity contribution < 1.29 is 17.9 Å². The summed E-state index contributed by atoms with van der Waals surface area (Å²) >= 11 is 0. The van der Waals surface area contributed by atoms with Crippen molar-refractivity contribution in [3.63, 3.8) is 0 Å². The highest BCUT2D eigenvalue weighted by Gasteiger charge is 2.23. The van der Waals surface area contributed by atoms with Gasteiger partial charge in [-0.3, -0.25) is 9.10 Å². The van der Waals surface area contributed by atoms with E-state index in [1.165, 1.54) is 10.4 Å². The smallest absolute Gasteiger partial charge is 0.264 e. The minimum absolute atomic E-state index is 0.125. The minimum atomic E-state index is -3.72. The van der Waals surface area contributed by atoms with Crippen LogP contribution in [0.2, 0.25) is 0 Å². The maximum absolute atomic E-state index is 13.0. The van der Waals surface area contributed by atoms with Crippen LogP contribution in [0.1, 0.15) is 23.7 Å². The molecule has 0 aliphatic heterocycles. The van der Waals surface area contributed by atoms with Gasteiger partial charge in [0.1, 0.15) is 0 Å². The number of nitrogens with one attached hydrogen (secondary N) is 1. The lowest BCUT2D eigenvalue weighted by Gasteiger charge is -2.23. The van der Waals surface area contributed by atoms with E-state index in [1.807, 2.05) is 6.92 Å². The number of ether oxygens (including phenoxy) is 1. The van der Waals surface area contributed by atoms with Crippen LogP contribution < -0.4 is 9.62 Å². The molecule has 28 heavy (non-hydrogen) atoms. The van der Waals surface area contributed by atoms with Crippen molar-refractivity contribution in [1.82, 2.24) is 5.32 Å². The van der Waals surface area contributed by atoms with Crippen LogP contribution in [0.25, 0.3) is 0 Å². The Kier molecular flexibility index (Phi) is 8.22. The molecule has 2 aromatic carbocycles. The Balaban J connectivity index is 2.12. The average Bonchev–Trinajstić information content (AvgIpc) is 2.72. The van der Waals surface area contributed by atoms with E-state index in [9.17, 15) is 13.2 Å². The second-order valence-electron chi connectivity index (χ2n) is 5.99. The van der Waals surface area contributed by atoms with Gasteiger partial charge in [-0.2, -0.15) is 0 Å². The molecule has 0 aliphatic carbocycles. The lowest BCUT2D eigenvalue weighted by atomic mass is 10.2. The third kappa shape index (κ3) is 5.68. The van der Waals surface area contributed by atoms with E-state index >= 15 is 0 Å². The molecule has 7 heteroatoms. The molecule has 0 aliphatic rings. The number of carbonyl (C=O) groups is 1. The van der Waals surface area contributed by atoms with Crippen LogP contribution in [-0.2, 0) is 14.8 Å². The van der Waals surface area contributed by atoms with Crippen LogP contribution in [0.5, 0.6) is 0 Å². The van der Waals surface area contributed by atoms with Gasteiger partial charge in [0.25, 0.3) is 15.9 Å². The Morgan fingerprint density at radius 2 is 1.82 bits per heavy atom. The summed E-state index contributed by atoms with van der Waals surface area (Å²) in [6, 6.07) is 14.7. The van der Waals surface area contributed by atoms with Crippen LogP contribution in [0.3, 0.4) is 0 Å². The summed E-state index contributed by atoms with van der Waals surface area (Å²) in [5, 5.41) is 2.82. The molecular weight excluding hydrogens is 376 g/mol. The highest BCUT2D eigenvalue weighted by molar-refractivity contribution is 7.92. The van der Waals surface area contributed by atoms with Crippen LogP contribution in [-0.4, -0.2) is 40.6 Å². The third-order valence-corrected chi connectivity index (χ3v) is 5.81. The quantitative estimate of drug-likeness (QED) is 0.463. The number of hydrogen-bond acceptors (Lipinski definition) is 4. The Morgan fingerprint density at radius 3 is 2.43 bits per heavy atom. The molecular formula is C21H26N2O4S. The summed E-state index contributed by atoms with van der Waals surface area (Å²) in [5.41, 5.74) is 0.937. The first-order valence-corrected chi connectivity index (χ1v) is 10.6. The van der Waals surface area contributed by atoms with Gasteiger partial charge in [0.2, 0.25) is 0 Å². The largest absolute Gasteiger partial charge is 0.382 e. The predicted molar refractivity (Wildman–Crippen MR) is 111 cm³/mol. The van der Waals surface area contributed by atoms with Crippen molar-refractivity contribution in [2.45, 2.75) is 18.2 Å². The lowest BCUT2D eigenvalue weighted by Crippen LogP contribution is -2.31. The van der Waals surface area contributed by atoms with Gasteiger partial charge in [0.05, 0.1) is 17.1 Å². The van der Waals surface area contributed by atoms with Gasteiger partial charge in [-0.15, -0.1) is 6.58 Å². The van der Waals surface area contributed by atoms with Crippen molar-refractivity contribution in [3.05, 3.63) is 72.8 Å². The number of anilines is 1. The van der Waals surface area contributed by atoms with E-state index in [4.69, 9.17) is 4.74 Å². The fourth-order valence-electron chi connectivity index (χ4n) is 2.58. The fourth-order valence-corrected chi connectivity index (χ4v) is 4.04. The maximum atomic E-state index is 13.0. The molecule has 2 aromatic rings. The van der Waals surface area contributed by atoms with Gasteiger partial charge in [0.15, 0.2) is 0 Å². The SMILES string of the molecule is C=CCN(c1ccc(C(=O)NCCCOCC)cc1)S(=O)(=O)c1ccccc1. The molecule has 150 valence electrons. The zero-order valence-electron chi connectivity index (χ0n) is 16.0. The molecule has 6 nitrogen and oxygen atoms in total. The summed E-state index contributed by atoms with van der Waals surface area (Å²) in [7, 11) is -3.72. The van der Waals surface area contributed by atoms with Crippen LogP contribution in [0.15, 0.2) is 72.1 Å². The predicted octanol–water partition coefficient (Wildman–Crippen LogP) is 3.22. The average molecular weight is 403 g/mol. The normalized spacial score (nSPS) is 11.0. The number of benzene rings is 2. The summed E-state index contributed by atoms with van der Waals surface area (Å²) in [6.45, 7) is 7.48. The van der Waals surface area contributed by atoms with Gasteiger partial charge in [-0.25, -0.2) is 8.42 Å². The van der Waals surface area contributed by atoms with E-state index in [1.54, 1.807) is 54.6 Å². The molecule has 1 N–H and O–H groups in total. The molecule has 0 heterocycles. The molecule has 0 fully saturated rings. The van der Waals surface area contributed by atoms with Gasteiger partial charge >= 0.3 is 0 Å². The Bertz CT molecular complexity index is 865. The fraction of sp³-hybridized carbons (Fsp3) is 0.286. The first kappa shape index (κ1) is 21.7. The molecule has 1 amide bonds. The van der Waals surface area contributed by atoms with E-state index in [0.29, 0.717) is 31.0 Å².